The van der Waals surface area contributed by atoms with Gasteiger partial charge in [-0.15, -0.1) is 0 Å². The lowest BCUT2D eigenvalue weighted by Gasteiger charge is -2.11. The Morgan fingerprint density at radius 2 is 1.86 bits per heavy atom. The molecule has 1 heterocycles. The predicted molar refractivity (Wildman–Crippen MR) is 110 cm³/mol. The number of carbonyl (C=O) groups excluding carboxylic acids is 1. The van der Waals surface area contributed by atoms with Crippen LogP contribution in [0.25, 0.3) is 5.69 Å². The molecule has 28 heavy (non-hydrogen) atoms. The van der Waals surface area contributed by atoms with Crippen molar-refractivity contribution in [3.63, 3.8) is 0 Å². The van der Waals surface area contributed by atoms with Crippen molar-refractivity contribution in [2.75, 3.05) is 26.6 Å². The number of thioether (sulfide) groups is 1. The number of ether oxygens (including phenoxy) is 2. The number of hydrogen-bond acceptors (Lipinski definition) is 5. The van der Waals surface area contributed by atoms with Crippen LogP contribution in [0.15, 0.2) is 66.0 Å². The molecule has 0 saturated heterocycles. The van der Waals surface area contributed by atoms with Crippen LogP contribution in [0.3, 0.4) is 0 Å². The number of rotatable bonds is 9. The molecule has 0 spiro atoms. The molecule has 2 aromatic carbocycles. The number of para-hydroxylation sites is 1. The van der Waals surface area contributed by atoms with Gasteiger partial charge in [-0.3, -0.25) is 9.36 Å². The Morgan fingerprint density at radius 1 is 1.11 bits per heavy atom. The molecule has 1 aromatic heterocycles. The Bertz CT molecular complexity index is 895. The van der Waals surface area contributed by atoms with E-state index >= 15 is 0 Å². The lowest BCUT2D eigenvalue weighted by atomic mass is 10.2. The second-order valence-electron chi connectivity index (χ2n) is 5.97. The van der Waals surface area contributed by atoms with E-state index in [1.807, 2.05) is 65.4 Å². The van der Waals surface area contributed by atoms with Crippen LogP contribution in [-0.4, -0.2) is 42.0 Å². The SMILES string of the molecule is COCCOc1ccc(CNC(=O)c2cnc(SC)n2-c2ccccc2)cc1. The first-order valence-electron chi connectivity index (χ1n) is 8.89. The molecular weight excluding hydrogens is 374 g/mol. The molecule has 3 rings (SSSR count). The van der Waals surface area contributed by atoms with Gasteiger partial charge in [0.05, 0.1) is 12.8 Å². The second-order valence-corrected chi connectivity index (χ2v) is 6.74. The van der Waals surface area contributed by atoms with Crippen molar-refractivity contribution in [1.82, 2.24) is 14.9 Å². The lowest BCUT2D eigenvalue weighted by Crippen LogP contribution is -2.25. The number of amides is 1. The Kier molecular flexibility index (Phi) is 7.11. The van der Waals surface area contributed by atoms with Crippen LogP contribution in [0, 0.1) is 0 Å². The van der Waals surface area contributed by atoms with Crippen LogP contribution in [0.1, 0.15) is 16.1 Å². The van der Waals surface area contributed by atoms with Gasteiger partial charge in [0.25, 0.3) is 5.91 Å². The van der Waals surface area contributed by atoms with E-state index < -0.39 is 0 Å². The molecule has 0 fully saturated rings. The van der Waals surface area contributed by atoms with Crippen LogP contribution < -0.4 is 10.1 Å². The maximum absolute atomic E-state index is 12.8. The highest BCUT2D eigenvalue weighted by atomic mass is 32.2. The van der Waals surface area contributed by atoms with Crippen molar-refractivity contribution in [2.24, 2.45) is 0 Å². The number of nitrogens with one attached hydrogen (secondary N) is 1. The summed E-state index contributed by atoms with van der Waals surface area (Å²) in [5.74, 6) is 0.607. The maximum atomic E-state index is 12.8. The van der Waals surface area contributed by atoms with Gasteiger partial charge in [-0.25, -0.2) is 4.98 Å². The van der Waals surface area contributed by atoms with Gasteiger partial charge in [0.2, 0.25) is 0 Å². The van der Waals surface area contributed by atoms with Crippen molar-refractivity contribution in [2.45, 2.75) is 11.7 Å². The highest BCUT2D eigenvalue weighted by Gasteiger charge is 2.17. The molecule has 1 amide bonds. The summed E-state index contributed by atoms with van der Waals surface area (Å²) in [5, 5.41) is 3.74. The summed E-state index contributed by atoms with van der Waals surface area (Å²) in [6, 6.07) is 17.4. The molecule has 146 valence electrons. The summed E-state index contributed by atoms with van der Waals surface area (Å²) < 4.78 is 12.4. The molecule has 0 aliphatic heterocycles. The van der Waals surface area contributed by atoms with Gasteiger partial charge < -0.3 is 14.8 Å². The minimum Gasteiger partial charge on any atom is -0.491 e. The van der Waals surface area contributed by atoms with Gasteiger partial charge in [0, 0.05) is 19.3 Å². The smallest absolute Gasteiger partial charge is 0.270 e. The zero-order chi connectivity index (χ0) is 19.8. The summed E-state index contributed by atoms with van der Waals surface area (Å²) in [6.07, 6.45) is 3.56. The topological polar surface area (TPSA) is 65.4 Å². The zero-order valence-corrected chi connectivity index (χ0v) is 16.7. The average molecular weight is 398 g/mol. The Morgan fingerprint density at radius 3 is 2.54 bits per heavy atom. The molecule has 0 atom stereocenters. The van der Waals surface area contributed by atoms with Crippen LogP contribution in [0.2, 0.25) is 0 Å². The van der Waals surface area contributed by atoms with Crippen LogP contribution >= 0.6 is 11.8 Å². The van der Waals surface area contributed by atoms with E-state index in [-0.39, 0.29) is 5.91 Å². The summed E-state index contributed by atoms with van der Waals surface area (Å²) in [6.45, 7) is 1.48. The highest BCUT2D eigenvalue weighted by Crippen LogP contribution is 2.21. The Hall–Kier alpha value is -2.77. The first kappa shape index (κ1) is 20.0. The standard InChI is InChI=1S/C21H23N3O3S/c1-26-12-13-27-18-10-8-16(9-11-18)14-22-20(25)19-15-23-21(28-2)24(19)17-6-4-3-5-7-17/h3-11,15H,12-14H2,1-2H3,(H,22,25). The number of carbonyl (C=O) groups is 1. The second kappa shape index (κ2) is 9.96. The van der Waals surface area contributed by atoms with E-state index in [1.54, 1.807) is 13.3 Å². The predicted octanol–water partition coefficient (Wildman–Crippen LogP) is 3.55. The fourth-order valence-corrected chi connectivity index (χ4v) is 3.23. The van der Waals surface area contributed by atoms with E-state index in [9.17, 15) is 4.79 Å². The summed E-state index contributed by atoms with van der Waals surface area (Å²) >= 11 is 1.50. The molecule has 0 radical (unpaired) electrons. The number of aromatic nitrogens is 2. The van der Waals surface area contributed by atoms with E-state index in [0.29, 0.717) is 25.5 Å². The van der Waals surface area contributed by atoms with E-state index in [1.165, 1.54) is 11.8 Å². The van der Waals surface area contributed by atoms with Gasteiger partial charge in [-0.05, 0) is 36.1 Å². The molecule has 0 bridgehead atoms. The summed E-state index contributed by atoms with van der Waals surface area (Å²) in [4.78, 5) is 17.1. The highest BCUT2D eigenvalue weighted by molar-refractivity contribution is 7.98. The maximum Gasteiger partial charge on any atom is 0.270 e. The molecule has 1 N–H and O–H groups in total. The van der Waals surface area contributed by atoms with E-state index in [2.05, 4.69) is 10.3 Å². The van der Waals surface area contributed by atoms with Gasteiger partial charge in [-0.2, -0.15) is 0 Å². The zero-order valence-electron chi connectivity index (χ0n) is 15.9. The van der Waals surface area contributed by atoms with Crippen molar-refractivity contribution < 1.29 is 14.3 Å². The summed E-state index contributed by atoms with van der Waals surface area (Å²) in [7, 11) is 1.64. The van der Waals surface area contributed by atoms with Gasteiger partial charge >= 0.3 is 0 Å². The molecule has 6 nitrogen and oxygen atoms in total. The molecule has 0 aliphatic rings. The minimum atomic E-state index is -0.169. The third-order valence-electron chi connectivity index (χ3n) is 4.09. The number of benzene rings is 2. The first-order chi connectivity index (χ1) is 13.7. The fraction of sp³-hybridized carbons (Fsp3) is 0.238. The van der Waals surface area contributed by atoms with E-state index in [0.717, 1.165) is 22.2 Å². The van der Waals surface area contributed by atoms with Crippen molar-refractivity contribution in [3.05, 3.63) is 72.1 Å². The average Bonchev–Trinajstić information content (AvgIpc) is 3.18. The number of methoxy groups -OCH3 is 1. The summed E-state index contributed by atoms with van der Waals surface area (Å²) in [5.41, 5.74) is 2.41. The number of imidazole rings is 1. The van der Waals surface area contributed by atoms with Gasteiger partial charge in [0.15, 0.2) is 5.16 Å². The third-order valence-corrected chi connectivity index (χ3v) is 4.74. The molecule has 0 unspecified atom stereocenters. The van der Waals surface area contributed by atoms with Crippen LogP contribution in [0.5, 0.6) is 5.75 Å². The van der Waals surface area contributed by atoms with Crippen molar-refractivity contribution in [1.29, 1.82) is 0 Å². The van der Waals surface area contributed by atoms with Crippen molar-refractivity contribution >= 4 is 17.7 Å². The van der Waals surface area contributed by atoms with Crippen LogP contribution in [-0.2, 0) is 11.3 Å². The molecular formula is C21H23N3O3S. The largest absolute Gasteiger partial charge is 0.491 e. The minimum absolute atomic E-state index is 0.169. The number of nitrogens with zero attached hydrogens (tertiary/aromatic N) is 2. The van der Waals surface area contributed by atoms with Crippen molar-refractivity contribution in [3.8, 4) is 11.4 Å². The third kappa shape index (κ3) is 4.94. The van der Waals surface area contributed by atoms with E-state index in [4.69, 9.17) is 9.47 Å². The quantitative estimate of drug-likeness (QED) is 0.442. The lowest BCUT2D eigenvalue weighted by molar-refractivity contribution is 0.0943. The Labute approximate surface area is 168 Å². The molecule has 0 aliphatic carbocycles. The van der Waals surface area contributed by atoms with Gasteiger partial charge in [0.1, 0.15) is 18.1 Å². The first-order valence-corrected chi connectivity index (χ1v) is 10.1. The molecule has 0 saturated carbocycles. The monoisotopic (exact) mass is 397 g/mol. The number of hydrogen-bond donors (Lipinski definition) is 1. The Balaban J connectivity index is 1.66. The molecule has 7 heteroatoms. The normalized spacial score (nSPS) is 10.6. The van der Waals surface area contributed by atoms with Gasteiger partial charge in [-0.1, -0.05) is 42.1 Å². The van der Waals surface area contributed by atoms with Crippen LogP contribution in [0.4, 0.5) is 0 Å². The fourth-order valence-electron chi connectivity index (χ4n) is 2.68. The molecule has 3 aromatic rings.